The van der Waals surface area contributed by atoms with Crippen LogP contribution in [0.25, 0.3) is 11.5 Å². The van der Waals surface area contributed by atoms with E-state index in [1.165, 1.54) is 0 Å². The molecule has 0 aliphatic heterocycles. The quantitative estimate of drug-likeness (QED) is 0.525. The third-order valence-electron chi connectivity index (χ3n) is 4.85. The van der Waals surface area contributed by atoms with E-state index >= 15 is 0 Å². The Hall–Kier alpha value is -3.55. The minimum absolute atomic E-state index is 0.0657. The third-order valence-corrected chi connectivity index (χ3v) is 4.85. The van der Waals surface area contributed by atoms with Crippen molar-refractivity contribution in [2.24, 2.45) is 0 Å². The highest BCUT2D eigenvalue weighted by molar-refractivity contribution is 5.76. The van der Waals surface area contributed by atoms with Crippen molar-refractivity contribution < 1.29 is 23.4 Å². The van der Waals surface area contributed by atoms with E-state index < -0.39 is 0 Å². The monoisotopic (exact) mass is 425 g/mol. The molecule has 0 fully saturated rings. The first kappa shape index (κ1) is 22.1. The third kappa shape index (κ3) is 5.53. The first-order valence-corrected chi connectivity index (χ1v) is 10.0. The molecule has 0 aliphatic rings. The molecule has 1 heterocycles. The summed E-state index contributed by atoms with van der Waals surface area (Å²) in [5.41, 5.74) is 1.73. The molecule has 1 N–H and O–H groups in total. The number of carbonyl (C=O) groups excluding carboxylic acids is 1. The van der Waals surface area contributed by atoms with Gasteiger partial charge in [-0.3, -0.25) is 4.79 Å². The Labute approximate surface area is 181 Å². The van der Waals surface area contributed by atoms with Gasteiger partial charge in [0.05, 0.1) is 27.4 Å². The normalized spacial score (nSPS) is 11.6. The van der Waals surface area contributed by atoms with Crippen LogP contribution in [-0.4, -0.2) is 37.4 Å². The van der Waals surface area contributed by atoms with Gasteiger partial charge in [-0.25, -0.2) is 0 Å². The predicted octanol–water partition coefficient (Wildman–Crippen LogP) is 3.96. The molecule has 0 radical (unpaired) electrons. The molecular formula is C23H27N3O5. The summed E-state index contributed by atoms with van der Waals surface area (Å²) in [4.78, 5) is 12.4. The molecule has 8 nitrogen and oxygen atoms in total. The van der Waals surface area contributed by atoms with E-state index in [-0.39, 0.29) is 11.9 Å². The molecule has 2 aromatic carbocycles. The number of ether oxygens (including phenoxy) is 3. The van der Waals surface area contributed by atoms with Crippen molar-refractivity contribution >= 4 is 5.91 Å². The Kier molecular flexibility index (Phi) is 7.48. The van der Waals surface area contributed by atoms with Crippen molar-refractivity contribution in [2.45, 2.75) is 32.2 Å². The average molecular weight is 425 g/mol. The number of nitrogens with zero attached hydrogens (tertiary/aromatic N) is 2. The van der Waals surface area contributed by atoms with Crippen molar-refractivity contribution in [3.8, 4) is 28.7 Å². The first-order chi connectivity index (χ1) is 15.0. The molecule has 0 spiro atoms. The van der Waals surface area contributed by atoms with Crippen molar-refractivity contribution in [3.63, 3.8) is 0 Å². The van der Waals surface area contributed by atoms with E-state index in [2.05, 4.69) is 15.5 Å². The number of hydrogen-bond donors (Lipinski definition) is 1. The van der Waals surface area contributed by atoms with Crippen LogP contribution in [-0.2, 0) is 11.2 Å². The zero-order valence-corrected chi connectivity index (χ0v) is 18.2. The summed E-state index contributed by atoms with van der Waals surface area (Å²) in [5, 5.41) is 11.1. The Morgan fingerprint density at radius 2 is 1.71 bits per heavy atom. The van der Waals surface area contributed by atoms with Gasteiger partial charge in [-0.05, 0) is 43.2 Å². The summed E-state index contributed by atoms with van der Waals surface area (Å²) in [6, 6.07) is 13.0. The van der Waals surface area contributed by atoms with E-state index in [0.29, 0.717) is 48.3 Å². The number of benzene rings is 2. The zero-order valence-electron chi connectivity index (χ0n) is 18.2. The number of nitrogens with one attached hydrogen (secondary N) is 1. The van der Waals surface area contributed by atoms with E-state index in [1.54, 1.807) is 21.3 Å². The lowest BCUT2D eigenvalue weighted by Crippen LogP contribution is -2.26. The van der Waals surface area contributed by atoms with E-state index in [1.807, 2.05) is 49.4 Å². The lowest BCUT2D eigenvalue weighted by atomic mass is 10.1. The lowest BCUT2D eigenvalue weighted by molar-refractivity contribution is -0.121. The van der Waals surface area contributed by atoms with E-state index in [0.717, 1.165) is 11.1 Å². The van der Waals surface area contributed by atoms with Crippen molar-refractivity contribution in [3.05, 3.63) is 53.9 Å². The molecule has 3 aromatic rings. The van der Waals surface area contributed by atoms with E-state index in [4.69, 9.17) is 18.6 Å². The summed E-state index contributed by atoms with van der Waals surface area (Å²) in [6.45, 7) is 1.91. The van der Waals surface area contributed by atoms with Crippen LogP contribution in [0, 0.1) is 0 Å². The average Bonchev–Trinajstić information content (AvgIpc) is 3.27. The summed E-state index contributed by atoms with van der Waals surface area (Å²) in [6.07, 6.45) is 1.48. The van der Waals surface area contributed by atoms with Gasteiger partial charge in [0.15, 0.2) is 11.5 Å². The minimum atomic E-state index is -0.228. The maximum atomic E-state index is 12.4. The fraction of sp³-hybridized carbons (Fsp3) is 0.348. The Morgan fingerprint density at radius 1 is 1.03 bits per heavy atom. The fourth-order valence-electron chi connectivity index (χ4n) is 3.20. The highest BCUT2D eigenvalue weighted by Gasteiger charge is 2.18. The van der Waals surface area contributed by atoms with Crippen LogP contribution in [0.15, 0.2) is 46.9 Å². The highest BCUT2D eigenvalue weighted by atomic mass is 16.5. The Balaban J connectivity index is 1.54. The number of aromatic nitrogens is 2. The van der Waals surface area contributed by atoms with Gasteiger partial charge < -0.3 is 23.9 Å². The van der Waals surface area contributed by atoms with Gasteiger partial charge in [-0.1, -0.05) is 18.2 Å². The highest BCUT2D eigenvalue weighted by Crippen LogP contribution is 2.39. The van der Waals surface area contributed by atoms with Crippen LogP contribution < -0.4 is 19.5 Å². The molecule has 0 saturated heterocycles. The van der Waals surface area contributed by atoms with Gasteiger partial charge in [0, 0.05) is 18.4 Å². The lowest BCUT2D eigenvalue weighted by Gasteiger charge is -2.18. The standard InChI is InChI=1S/C23H27N3O5/c1-15(17-13-18(28-2)22(30-4)19(14-17)29-3)24-20(27)11-8-12-21-25-26-23(31-21)16-9-6-5-7-10-16/h5-7,9-10,13-15H,8,11-12H2,1-4H3,(H,24,27). The summed E-state index contributed by atoms with van der Waals surface area (Å²) in [7, 11) is 4.67. The molecule has 31 heavy (non-hydrogen) atoms. The molecule has 0 saturated carbocycles. The maximum Gasteiger partial charge on any atom is 0.247 e. The van der Waals surface area contributed by atoms with E-state index in [9.17, 15) is 4.79 Å². The van der Waals surface area contributed by atoms with Crippen molar-refractivity contribution in [2.75, 3.05) is 21.3 Å². The van der Waals surface area contributed by atoms with Gasteiger partial charge >= 0.3 is 0 Å². The topological polar surface area (TPSA) is 95.7 Å². The van der Waals surface area contributed by atoms with Crippen LogP contribution in [0.2, 0.25) is 0 Å². The molecule has 3 rings (SSSR count). The molecule has 8 heteroatoms. The Bertz CT molecular complexity index is 978. The van der Waals surface area contributed by atoms with Gasteiger partial charge in [0.1, 0.15) is 0 Å². The van der Waals surface area contributed by atoms with Crippen LogP contribution >= 0.6 is 0 Å². The number of amides is 1. The zero-order chi connectivity index (χ0) is 22.2. The van der Waals surface area contributed by atoms with Crippen LogP contribution in [0.1, 0.15) is 37.3 Å². The maximum absolute atomic E-state index is 12.4. The summed E-state index contributed by atoms with van der Waals surface area (Å²) < 4.78 is 21.8. The van der Waals surface area contributed by atoms with Gasteiger partial charge in [0.25, 0.3) is 0 Å². The molecule has 164 valence electrons. The van der Waals surface area contributed by atoms with Crippen molar-refractivity contribution in [1.29, 1.82) is 0 Å². The van der Waals surface area contributed by atoms with Crippen LogP contribution in [0.5, 0.6) is 17.2 Å². The summed E-state index contributed by atoms with van der Waals surface area (Å²) >= 11 is 0. The van der Waals surface area contributed by atoms with Crippen LogP contribution in [0.3, 0.4) is 0 Å². The van der Waals surface area contributed by atoms with Gasteiger partial charge in [0.2, 0.25) is 23.4 Å². The minimum Gasteiger partial charge on any atom is -0.493 e. The fourth-order valence-corrected chi connectivity index (χ4v) is 3.20. The first-order valence-electron chi connectivity index (χ1n) is 10.0. The number of hydrogen-bond acceptors (Lipinski definition) is 7. The van der Waals surface area contributed by atoms with Gasteiger partial charge in [-0.15, -0.1) is 10.2 Å². The molecule has 0 bridgehead atoms. The van der Waals surface area contributed by atoms with Crippen molar-refractivity contribution in [1.82, 2.24) is 15.5 Å². The number of methoxy groups -OCH3 is 3. The second-order valence-corrected chi connectivity index (χ2v) is 6.97. The smallest absolute Gasteiger partial charge is 0.247 e. The number of rotatable bonds is 10. The molecule has 1 unspecified atom stereocenters. The largest absolute Gasteiger partial charge is 0.493 e. The summed E-state index contributed by atoms with van der Waals surface area (Å²) in [5.74, 6) is 2.54. The number of aryl methyl sites for hydroxylation is 1. The molecule has 1 aromatic heterocycles. The molecule has 1 amide bonds. The number of carbonyl (C=O) groups is 1. The van der Waals surface area contributed by atoms with Crippen LogP contribution in [0.4, 0.5) is 0 Å². The predicted molar refractivity (Wildman–Crippen MR) is 115 cm³/mol. The Morgan fingerprint density at radius 3 is 2.32 bits per heavy atom. The second kappa shape index (κ2) is 10.5. The van der Waals surface area contributed by atoms with Gasteiger partial charge in [-0.2, -0.15) is 0 Å². The SMILES string of the molecule is COc1cc(C(C)NC(=O)CCCc2nnc(-c3ccccc3)o2)cc(OC)c1OC. The molecule has 0 aliphatic carbocycles. The second-order valence-electron chi connectivity index (χ2n) is 6.97. The molecular weight excluding hydrogens is 398 g/mol. The molecule has 1 atom stereocenters.